The van der Waals surface area contributed by atoms with Crippen molar-refractivity contribution >= 4 is 17.9 Å². The number of hydrogen-bond acceptors (Lipinski definition) is 6. The second-order valence-electron chi connectivity index (χ2n) is 21.6. The molecule has 0 fully saturated rings. The quantitative estimate of drug-likeness (QED) is 0.0261. The summed E-state index contributed by atoms with van der Waals surface area (Å²) in [5, 5.41) is 0. The molecular weight excluding hydrogens is 937 g/mol. The van der Waals surface area contributed by atoms with E-state index in [2.05, 4.69) is 99.8 Å². The third-order valence-corrected chi connectivity index (χ3v) is 14.2. The molecule has 76 heavy (non-hydrogen) atoms. The molecule has 0 radical (unpaired) electrons. The van der Waals surface area contributed by atoms with Crippen molar-refractivity contribution < 1.29 is 28.6 Å². The highest BCUT2D eigenvalue weighted by Gasteiger charge is 2.19. The number of hydrogen-bond donors (Lipinski definition) is 0. The Morgan fingerprint density at radius 1 is 0.276 bits per heavy atom. The van der Waals surface area contributed by atoms with Crippen LogP contribution in [0.2, 0.25) is 0 Å². The van der Waals surface area contributed by atoms with Gasteiger partial charge in [-0.1, -0.05) is 311 Å². The lowest BCUT2D eigenvalue weighted by molar-refractivity contribution is -0.166. The Labute approximate surface area is 471 Å². The molecule has 0 aliphatic carbocycles. The molecule has 1 atom stereocenters. The highest BCUT2D eigenvalue weighted by atomic mass is 16.6. The van der Waals surface area contributed by atoms with Gasteiger partial charge in [-0.3, -0.25) is 14.4 Å². The van der Waals surface area contributed by atoms with E-state index in [1.807, 2.05) is 6.08 Å². The van der Waals surface area contributed by atoms with E-state index in [1.165, 1.54) is 173 Å². The Morgan fingerprint density at radius 2 is 0.539 bits per heavy atom. The monoisotopic (exact) mass is 1060 g/mol. The minimum Gasteiger partial charge on any atom is -0.462 e. The van der Waals surface area contributed by atoms with Crippen molar-refractivity contribution in [3.05, 3.63) is 85.1 Å². The number of allylic oxidation sites excluding steroid dienone is 14. The van der Waals surface area contributed by atoms with Crippen molar-refractivity contribution in [3.8, 4) is 0 Å². The molecule has 1 unspecified atom stereocenters. The first-order valence-corrected chi connectivity index (χ1v) is 32.6. The van der Waals surface area contributed by atoms with Gasteiger partial charge < -0.3 is 14.2 Å². The van der Waals surface area contributed by atoms with E-state index in [0.29, 0.717) is 19.3 Å². The van der Waals surface area contributed by atoms with Crippen molar-refractivity contribution in [3.63, 3.8) is 0 Å². The van der Waals surface area contributed by atoms with E-state index >= 15 is 0 Å². The third-order valence-electron chi connectivity index (χ3n) is 14.2. The average Bonchev–Trinajstić information content (AvgIpc) is 3.42. The summed E-state index contributed by atoms with van der Waals surface area (Å²) in [7, 11) is 0. The SMILES string of the molecule is CC/C=C\C/C=C\C/C=C\C/C=C\CCC(=O)OCC(COC(=O)CCCCCCCCCCCCCCCCCCCCCCCCCCCCCCCC)OC(=O)CCCCCCC/C=C\C/C=C\C/C=C\CC. The molecule has 0 N–H and O–H groups in total. The van der Waals surface area contributed by atoms with Crippen LogP contribution in [-0.4, -0.2) is 37.2 Å². The van der Waals surface area contributed by atoms with Gasteiger partial charge >= 0.3 is 17.9 Å². The van der Waals surface area contributed by atoms with E-state index in [0.717, 1.165) is 103 Å². The van der Waals surface area contributed by atoms with Gasteiger partial charge in [0.25, 0.3) is 0 Å². The molecule has 0 aromatic heterocycles. The normalized spacial score (nSPS) is 12.6. The second kappa shape index (κ2) is 64.1. The minimum absolute atomic E-state index is 0.104. The topological polar surface area (TPSA) is 78.9 Å². The maximum Gasteiger partial charge on any atom is 0.306 e. The maximum atomic E-state index is 12.9. The Hall–Kier alpha value is -3.41. The minimum atomic E-state index is -0.814. The largest absolute Gasteiger partial charge is 0.462 e. The highest BCUT2D eigenvalue weighted by molar-refractivity contribution is 5.71. The standard InChI is InChI=1S/C70H122O6/c1-4-7-10-13-16-19-22-25-27-28-29-30-31-32-33-34-35-36-37-38-39-40-41-43-45-48-51-54-57-60-63-69(72)75-66-67(65-74-68(71)62-59-56-53-50-47-44-24-21-18-15-12-9-6-3)76-70(73)64-61-58-55-52-49-46-42-26-23-20-17-14-11-8-5-2/h8-9,11-12,17-18,20-21,26,42,44,47,53,56,67H,4-7,10,13-16,19,22-25,27-41,43,45-46,48-52,54-55,57-66H2,1-3H3/b11-8-,12-9-,20-17-,21-18-,42-26-,47-44-,56-53-. The summed E-state index contributed by atoms with van der Waals surface area (Å²) in [6.07, 6.45) is 85.0. The van der Waals surface area contributed by atoms with E-state index in [9.17, 15) is 14.4 Å². The van der Waals surface area contributed by atoms with Crippen LogP contribution in [0, 0.1) is 0 Å². The smallest absolute Gasteiger partial charge is 0.306 e. The van der Waals surface area contributed by atoms with Crippen LogP contribution in [-0.2, 0) is 28.6 Å². The van der Waals surface area contributed by atoms with Crippen molar-refractivity contribution in [1.29, 1.82) is 0 Å². The van der Waals surface area contributed by atoms with Gasteiger partial charge in [0.2, 0.25) is 0 Å². The Kier molecular flexibility index (Phi) is 61.2. The fourth-order valence-corrected chi connectivity index (χ4v) is 9.36. The van der Waals surface area contributed by atoms with Crippen LogP contribution in [0.1, 0.15) is 323 Å². The molecule has 0 amide bonds. The fourth-order valence-electron chi connectivity index (χ4n) is 9.36. The number of unbranched alkanes of at least 4 members (excludes halogenated alkanes) is 34. The van der Waals surface area contributed by atoms with Crippen molar-refractivity contribution in [1.82, 2.24) is 0 Å². The van der Waals surface area contributed by atoms with Gasteiger partial charge in [-0.2, -0.15) is 0 Å². The van der Waals surface area contributed by atoms with Crippen LogP contribution in [0.3, 0.4) is 0 Å². The van der Waals surface area contributed by atoms with Gasteiger partial charge in [-0.05, 0) is 77.0 Å². The van der Waals surface area contributed by atoms with Crippen LogP contribution >= 0.6 is 0 Å². The predicted molar refractivity (Wildman–Crippen MR) is 330 cm³/mol. The first kappa shape index (κ1) is 72.6. The summed E-state index contributed by atoms with van der Waals surface area (Å²) < 4.78 is 16.8. The van der Waals surface area contributed by atoms with Gasteiger partial charge in [0.1, 0.15) is 13.2 Å². The van der Waals surface area contributed by atoms with Crippen LogP contribution in [0.15, 0.2) is 85.1 Å². The molecule has 6 heteroatoms. The lowest BCUT2D eigenvalue weighted by atomic mass is 10.0. The molecule has 0 rings (SSSR count). The predicted octanol–water partition coefficient (Wildman–Crippen LogP) is 22.3. The highest BCUT2D eigenvalue weighted by Crippen LogP contribution is 2.18. The van der Waals surface area contributed by atoms with E-state index in [1.54, 1.807) is 0 Å². The molecule has 0 heterocycles. The zero-order valence-corrected chi connectivity index (χ0v) is 50.3. The molecule has 0 bridgehead atoms. The van der Waals surface area contributed by atoms with Gasteiger partial charge in [0.15, 0.2) is 6.10 Å². The molecular formula is C70H122O6. The van der Waals surface area contributed by atoms with Crippen molar-refractivity contribution in [2.24, 2.45) is 0 Å². The summed E-state index contributed by atoms with van der Waals surface area (Å²) in [6, 6.07) is 0. The lowest BCUT2D eigenvalue weighted by Gasteiger charge is -2.18. The van der Waals surface area contributed by atoms with Crippen LogP contribution < -0.4 is 0 Å². The molecule has 6 nitrogen and oxygen atoms in total. The van der Waals surface area contributed by atoms with E-state index in [-0.39, 0.29) is 37.5 Å². The number of carbonyl (C=O) groups is 3. The first-order valence-electron chi connectivity index (χ1n) is 32.6. The van der Waals surface area contributed by atoms with Crippen molar-refractivity contribution in [2.75, 3.05) is 13.2 Å². The van der Waals surface area contributed by atoms with E-state index < -0.39 is 6.10 Å². The summed E-state index contributed by atoms with van der Waals surface area (Å²) in [6.45, 7) is 6.37. The Bertz CT molecular complexity index is 1450. The zero-order chi connectivity index (χ0) is 55.0. The number of carbonyl (C=O) groups excluding carboxylic acids is 3. The van der Waals surface area contributed by atoms with Gasteiger partial charge in [0, 0.05) is 19.3 Å². The Morgan fingerprint density at radius 3 is 0.882 bits per heavy atom. The molecule has 438 valence electrons. The molecule has 0 aromatic rings. The molecule has 0 aliphatic rings. The number of rotatable bonds is 59. The molecule has 0 aromatic carbocycles. The summed E-state index contributed by atoms with van der Waals surface area (Å²) in [5.41, 5.74) is 0. The van der Waals surface area contributed by atoms with E-state index in [4.69, 9.17) is 14.2 Å². The number of ether oxygens (including phenoxy) is 3. The van der Waals surface area contributed by atoms with Gasteiger partial charge in [0.05, 0.1) is 0 Å². The molecule has 0 spiro atoms. The van der Waals surface area contributed by atoms with Crippen LogP contribution in [0.4, 0.5) is 0 Å². The van der Waals surface area contributed by atoms with Gasteiger partial charge in [-0.25, -0.2) is 0 Å². The van der Waals surface area contributed by atoms with Crippen LogP contribution in [0.25, 0.3) is 0 Å². The first-order chi connectivity index (χ1) is 37.5. The summed E-state index contributed by atoms with van der Waals surface area (Å²) in [4.78, 5) is 38.2. The average molecular weight is 1060 g/mol. The van der Waals surface area contributed by atoms with Crippen molar-refractivity contribution in [2.45, 2.75) is 329 Å². The molecule has 0 saturated carbocycles. The molecule has 0 aliphatic heterocycles. The molecule has 0 saturated heterocycles. The number of esters is 3. The third kappa shape index (κ3) is 61.4. The second-order valence-corrected chi connectivity index (χ2v) is 21.6. The van der Waals surface area contributed by atoms with Crippen LogP contribution in [0.5, 0.6) is 0 Å². The summed E-state index contributed by atoms with van der Waals surface area (Å²) >= 11 is 0. The van der Waals surface area contributed by atoms with Gasteiger partial charge in [-0.15, -0.1) is 0 Å². The lowest BCUT2D eigenvalue weighted by Crippen LogP contribution is -2.30. The maximum absolute atomic E-state index is 12.9. The summed E-state index contributed by atoms with van der Waals surface area (Å²) in [5.74, 6) is -0.996. The zero-order valence-electron chi connectivity index (χ0n) is 50.3. The fraction of sp³-hybridized carbons (Fsp3) is 0.757. The Balaban J connectivity index is 4.19.